The molecule has 1 fully saturated rings. The lowest BCUT2D eigenvalue weighted by atomic mass is 10.1. The molecule has 0 saturated carbocycles. The van der Waals surface area contributed by atoms with E-state index in [4.69, 9.17) is 0 Å². The Morgan fingerprint density at radius 2 is 2.07 bits per heavy atom. The first-order chi connectivity index (χ1) is 14.0. The Bertz CT molecular complexity index is 912. The summed E-state index contributed by atoms with van der Waals surface area (Å²) in [6.45, 7) is 4.47. The smallest absolute Gasteiger partial charge is 0.251 e. The van der Waals surface area contributed by atoms with E-state index in [2.05, 4.69) is 20.7 Å². The summed E-state index contributed by atoms with van der Waals surface area (Å²) in [6.07, 6.45) is 3.53. The number of guanidine groups is 1. The van der Waals surface area contributed by atoms with E-state index < -0.39 is 0 Å². The summed E-state index contributed by atoms with van der Waals surface area (Å²) in [7, 11) is 3.53. The Morgan fingerprint density at radius 3 is 2.70 bits per heavy atom. The third kappa shape index (κ3) is 5.71. The zero-order valence-corrected chi connectivity index (χ0v) is 19.8. The summed E-state index contributed by atoms with van der Waals surface area (Å²) in [6, 6.07) is 7.46. The quantitative estimate of drug-likeness (QED) is 0.348. The Morgan fingerprint density at radius 1 is 1.27 bits per heavy atom. The van der Waals surface area contributed by atoms with Crippen LogP contribution in [0.3, 0.4) is 0 Å². The van der Waals surface area contributed by atoms with Crippen LogP contribution >= 0.6 is 24.0 Å². The first-order valence-electron chi connectivity index (χ1n) is 9.63. The van der Waals surface area contributed by atoms with Crippen LogP contribution in [0.1, 0.15) is 22.8 Å². The van der Waals surface area contributed by atoms with Gasteiger partial charge in [0, 0.05) is 52.0 Å². The molecule has 1 aliphatic heterocycles. The summed E-state index contributed by atoms with van der Waals surface area (Å²) < 4.78 is 1.68. The topological polar surface area (TPSA) is 94.9 Å². The monoisotopic (exact) mass is 525 g/mol. The van der Waals surface area contributed by atoms with Gasteiger partial charge in [-0.15, -0.1) is 24.0 Å². The molecule has 2 N–H and O–H groups in total. The third-order valence-electron chi connectivity index (χ3n) is 4.71. The maximum absolute atomic E-state index is 12.6. The number of carbonyl (C=O) groups is 2. The molecular formula is C20H28IN7O2. The maximum Gasteiger partial charge on any atom is 0.251 e. The molecule has 3 rings (SSSR count). The van der Waals surface area contributed by atoms with Crippen LogP contribution < -0.4 is 15.5 Å². The minimum Gasteiger partial charge on any atom is -0.352 e. The molecule has 1 aromatic heterocycles. The van der Waals surface area contributed by atoms with Crippen molar-refractivity contribution < 1.29 is 9.59 Å². The zero-order valence-electron chi connectivity index (χ0n) is 17.5. The van der Waals surface area contributed by atoms with E-state index in [1.54, 1.807) is 28.9 Å². The molecule has 0 spiro atoms. The van der Waals surface area contributed by atoms with E-state index in [0.717, 1.165) is 11.3 Å². The lowest BCUT2D eigenvalue weighted by Gasteiger charge is -2.35. The molecule has 1 aromatic carbocycles. The van der Waals surface area contributed by atoms with E-state index in [0.29, 0.717) is 37.7 Å². The number of anilines is 1. The van der Waals surface area contributed by atoms with Crippen molar-refractivity contribution in [2.24, 2.45) is 12.0 Å². The van der Waals surface area contributed by atoms with Crippen molar-refractivity contribution in [1.29, 1.82) is 0 Å². The molecule has 0 radical (unpaired) electrons. The molecule has 2 aromatic rings. The minimum absolute atomic E-state index is 0. The van der Waals surface area contributed by atoms with Crippen LogP contribution in [0.25, 0.3) is 0 Å². The van der Waals surface area contributed by atoms with Crippen molar-refractivity contribution >= 4 is 47.4 Å². The number of halogens is 1. The van der Waals surface area contributed by atoms with Gasteiger partial charge in [0.15, 0.2) is 5.96 Å². The molecule has 10 heteroatoms. The van der Waals surface area contributed by atoms with Crippen molar-refractivity contribution in [3.8, 4) is 0 Å². The number of nitrogens with zero attached hydrogens (tertiary/aromatic N) is 5. The standard InChI is InChI=1S/C20H27N7O2.HI/c1-4-22-19(29)16-7-5-6-15(10-16)11-23-20(21-2)26-8-9-27(18(28)14-26)17-12-24-25(3)13-17;/h5-7,10,12-13H,4,8-9,11,14H2,1-3H3,(H,21,23)(H,22,29);1H. The van der Waals surface area contributed by atoms with Crippen molar-refractivity contribution in [2.45, 2.75) is 13.5 Å². The number of nitrogens with one attached hydrogen (secondary N) is 2. The second kappa shape index (κ2) is 11.0. The van der Waals surface area contributed by atoms with Crippen LogP contribution in [0.2, 0.25) is 0 Å². The van der Waals surface area contributed by atoms with Gasteiger partial charge in [-0.2, -0.15) is 5.10 Å². The molecule has 0 bridgehead atoms. The van der Waals surface area contributed by atoms with Crippen LogP contribution in [0, 0.1) is 0 Å². The predicted octanol–water partition coefficient (Wildman–Crippen LogP) is 1.21. The molecule has 2 amide bonds. The summed E-state index contributed by atoms with van der Waals surface area (Å²) >= 11 is 0. The van der Waals surface area contributed by atoms with Crippen LogP contribution in [-0.4, -0.2) is 65.7 Å². The third-order valence-corrected chi connectivity index (χ3v) is 4.71. The molecule has 9 nitrogen and oxygen atoms in total. The van der Waals surface area contributed by atoms with E-state index in [1.165, 1.54) is 0 Å². The fourth-order valence-corrected chi connectivity index (χ4v) is 3.27. The highest BCUT2D eigenvalue weighted by Gasteiger charge is 2.27. The van der Waals surface area contributed by atoms with Crippen molar-refractivity contribution in [3.63, 3.8) is 0 Å². The Labute approximate surface area is 193 Å². The number of aliphatic imine (C=N–C) groups is 1. The second-order valence-corrected chi connectivity index (χ2v) is 6.80. The van der Waals surface area contributed by atoms with Crippen LogP contribution in [0.15, 0.2) is 41.7 Å². The van der Waals surface area contributed by atoms with Crippen LogP contribution in [-0.2, 0) is 18.4 Å². The largest absolute Gasteiger partial charge is 0.352 e. The molecule has 2 heterocycles. The number of hydrogen-bond donors (Lipinski definition) is 2. The highest BCUT2D eigenvalue weighted by molar-refractivity contribution is 14.0. The van der Waals surface area contributed by atoms with Gasteiger partial charge in [-0.1, -0.05) is 12.1 Å². The summed E-state index contributed by atoms with van der Waals surface area (Å²) in [4.78, 5) is 32.6. The molecule has 30 heavy (non-hydrogen) atoms. The normalized spacial score (nSPS) is 14.4. The zero-order chi connectivity index (χ0) is 20.8. The van der Waals surface area contributed by atoms with Gasteiger partial charge in [-0.25, -0.2) is 0 Å². The Hall–Kier alpha value is -2.63. The highest BCUT2D eigenvalue weighted by Crippen LogP contribution is 2.16. The van der Waals surface area contributed by atoms with Gasteiger partial charge in [-0.05, 0) is 24.6 Å². The number of carbonyl (C=O) groups excluding carboxylic acids is 2. The first-order valence-corrected chi connectivity index (χ1v) is 9.63. The predicted molar refractivity (Wildman–Crippen MR) is 127 cm³/mol. The Balaban J connectivity index is 0.00000320. The molecule has 162 valence electrons. The average molecular weight is 525 g/mol. The number of rotatable bonds is 5. The van der Waals surface area contributed by atoms with Gasteiger partial charge >= 0.3 is 0 Å². The van der Waals surface area contributed by atoms with Gasteiger partial charge in [-0.3, -0.25) is 19.3 Å². The molecule has 1 saturated heterocycles. The van der Waals surface area contributed by atoms with E-state index in [9.17, 15) is 9.59 Å². The van der Waals surface area contributed by atoms with Crippen LogP contribution in [0.5, 0.6) is 0 Å². The van der Waals surface area contributed by atoms with Crippen molar-refractivity contribution in [3.05, 3.63) is 47.8 Å². The molecule has 0 unspecified atom stereocenters. The number of hydrogen-bond acceptors (Lipinski definition) is 4. The fourth-order valence-electron chi connectivity index (χ4n) is 3.27. The van der Waals surface area contributed by atoms with E-state index in [-0.39, 0.29) is 42.3 Å². The number of piperazine rings is 1. The number of benzene rings is 1. The van der Waals surface area contributed by atoms with Crippen molar-refractivity contribution in [1.82, 2.24) is 25.3 Å². The Kier molecular flexibility index (Phi) is 8.63. The fraction of sp³-hybridized carbons (Fsp3) is 0.400. The number of aryl methyl sites for hydroxylation is 1. The van der Waals surface area contributed by atoms with Crippen LogP contribution in [0.4, 0.5) is 5.69 Å². The van der Waals surface area contributed by atoms with Gasteiger partial charge in [0.2, 0.25) is 5.91 Å². The van der Waals surface area contributed by atoms with E-state index in [1.807, 2.05) is 43.3 Å². The average Bonchev–Trinajstić information content (AvgIpc) is 3.15. The van der Waals surface area contributed by atoms with Crippen molar-refractivity contribution in [2.75, 3.05) is 38.1 Å². The van der Waals surface area contributed by atoms with Gasteiger partial charge in [0.1, 0.15) is 6.54 Å². The van der Waals surface area contributed by atoms with Gasteiger partial charge in [0.05, 0.1) is 11.9 Å². The molecule has 0 aliphatic carbocycles. The summed E-state index contributed by atoms with van der Waals surface area (Å²) in [5.41, 5.74) is 2.40. The molecule has 1 aliphatic rings. The molecule has 0 atom stereocenters. The number of aromatic nitrogens is 2. The maximum atomic E-state index is 12.6. The highest BCUT2D eigenvalue weighted by atomic mass is 127. The summed E-state index contributed by atoms with van der Waals surface area (Å²) in [5.74, 6) is 0.578. The molecular weight excluding hydrogens is 497 g/mol. The lowest BCUT2D eigenvalue weighted by Crippen LogP contribution is -2.55. The minimum atomic E-state index is -0.0872. The SMILES string of the molecule is CCNC(=O)c1cccc(CNC(=NC)N2CCN(c3cnn(C)c3)C(=O)C2)c1.I. The second-order valence-electron chi connectivity index (χ2n) is 6.80. The van der Waals surface area contributed by atoms with Gasteiger partial charge < -0.3 is 20.4 Å². The van der Waals surface area contributed by atoms with Gasteiger partial charge in [0.25, 0.3) is 5.91 Å². The number of amides is 2. The lowest BCUT2D eigenvalue weighted by molar-refractivity contribution is -0.120. The first kappa shape index (κ1) is 23.6. The van der Waals surface area contributed by atoms with E-state index >= 15 is 0 Å². The summed E-state index contributed by atoms with van der Waals surface area (Å²) in [5, 5.41) is 10.2.